The molecule has 2 aliphatic rings. The number of nitrogens with zero attached hydrogens (tertiary/aromatic N) is 2. The molecule has 1 aliphatic carbocycles. The molecule has 2 aromatic rings. The summed E-state index contributed by atoms with van der Waals surface area (Å²) >= 11 is 3.53. The maximum Gasteiger partial charge on any atom is 0.269 e. The quantitative estimate of drug-likeness (QED) is 0.859. The Morgan fingerprint density at radius 3 is 3.05 bits per heavy atom. The van der Waals surface area contributed by atoms with E-state index in [2.05, 4.69) is 32.4 Å². The van der Waals surface area contributed by atoms with Gasteiger partial charge in [-0.15, -0.1) is 0 Å². The molecule has 0 bridgehead atoms. The lowest BCUT2D eigenvalue weighted by molar-refractivity contribution is 0.0923. The highest BCUT2D eigenvalue weighted by Crippen LogP contribution is 2.40. The molecule has 1 aromatic carbocycles. The summed E-state index contributed by atoms with van der Waals surface area (Å²) in [5.74, 6) is 0.824. The van der Waals surface area contributed by atoms with Crippen LogP contribution in [0.3, 0.4) is 0 Å². The first-order valence-electron chi connectivity index (χ1n) is 6.93. The number of fused-ring (bicyclic) bond motifs is 5. The van der Waals surface area contributed by atoms with Crippen molar-refractivity contribution in [2.24, 2.45) is 0 Å². The number of halogens is 1. The van der Waals surface area contributed by atoms with Crippen LogP contribution in [0.2, 0.25) is 0 Å². The monoisotopic (exact) mass is 347 g/mol. The molecule has 0 saturated heterocycles. The highest BCUT2D eigenvalue weighted by atomic mass is 79.9. The van der Waals surface area contributed by atoms with Gasteiger partial charge in [0.15, 0.2) is 0 Å². The highest BCUT2D eigenvalue weighted by molar-refractivity contribution is 9.10. The minimum absolute atomic E-state index is 0.00831. The van der Waals surface area contributed by atoms with Crippen LogP contribution in [0.4, 0.5) is 0 Å². The largest absolute Gasteiger partial charge is 0.496 e. The van der Waals surface area contributed by atoms with E-state index in [1.54, 1.807) is 7.11 Å². The molecule has 0 saturated carbocycles. The lowest BCUT2D eigenvalue weighted by Crippen LogP contribution is -2.36. The van der Waals surface area contributed by atoms with Crippen LogP contribution in [0.15, 0.2) is 16.6 Å². The summed E-state index contributed by atoms with van der Waals surface area (Å²) in [4.78, 5) is 12.1. The zero-order chi connectivity index (χ0) is 14.6. The van der Waals surface area contributed by atoms with E-state index in [0.717, 1.165) is 52.1 Å². The van der Waals surface area contributed by atoms with E-state index in [9.17, 15) is 4.79 Å². The van der Waals surface area contributed by atoms with E-state index >= 15 is 0 Å². The van der Waals surface area contributed by atoms with Crippen molar-refractivity contribution in [3.63, 3.8) is 0 Å². The number of nitrogens with one attached hydrogen (secondary N) is 1. The number of amides is 1. The Labute approximate surface area is 130 Å². The van der Waals surface area contributed by atoms with Crippen LogP contribution in [0.5, 0.6) is 5.75 Å². The highest BCUT2D eigenvalue weighted by Gasteiger charge is 2.30. The van der Waals surface area contributed by atoms with Crippen molar-refractivity contribution in [2.45, 2.75) is 19.4 Å². The first-order valence-corrected chi connectivity index (χ1v) is 7.73. The number of rotatable bonds is 1. The first-order chi connectivity index (χ1) is 10.2. The molecule has 1 aromatic heterocycles. The van der Waals surface area contributed by atoms with Gasteiger partial charge in [0.1, 0.15) is 11.4 Å². The number of aryl methyl sites for hydroxylation is 1. The minimum atomic E-state index is -0.00831. The molecule has 0 unspecified atom stereocenters. The van der Waals surface area contributed by atoms with E-state index in [1.807, 2.05) is 10.7 Å². The lowest BCUT2D eigenvalue weighted by atomic mass is 9.88. The number of hydrogen-bond acceptors (Lipinski definition) is 3. The second-order valence-electron chi connectivity index (χ2n) is 5.30. The Kier molecular flexibility index (Phi) is 2.82. The van der Waals surface area contributed by atoms with Gasteiger partial charge in [-0.05, 0) is 46.5 Å². The Hall–Kier alpha value is -1.82. The van der Waals surface area contributed by atoms with Gasteiger partial charge < -0.3 is 10.1 Å². The number of carbonyl (C=O) groups is 1. The third-order valence-electron chi connectivity index (χ3n) is 4.15. The van der Waals surface area contributed by atoms with E-state index < -0.39 is 0 Å². The van der Waals surface area contributed by atoms with Crippen LogP contribution < -0.4 is 10.1 Å². The van der Waals surface area contributed by atoms with Crippen LogP contribution in [-0.2, 0) is 19.4 Å². The minimum Gasteiger partial charge on any atom is -0.496 e. The SMILES string of the molecule is COc1cc2c(cc1Br)-c1nn3c(c1CC2)C(=O)NCC3. The molecule has 0 spiro atoms. The summed E-state index contributed by atoms with van der Waals surface area (Å²) in [6.45, 7) is 1.38. The maximum atomic E-state index is 12.1. The zero-order valence-corrected chi connectivity index (χ0v) is 13.2. The Morgan fingerprint density at radius 2 is 2.24 bits per heavy atom. The molecule has 6 heteroatoms. The van der Waals surface area contributed by atoms with Crippen LogP contribution in [0, 0.1) is 0 Å². The van der Waals surface area contributed by atoms with Crippen LogP contribution in [0.1, 0.15) is 21.6 Å². The standard InChI is InChI=1S/C15H14BrN3O2/c1-21-12-6-8-2-3-9-13(10(8)7-11(12)16)18-19-5-4-17-15(20)14(9)19/h6-7H,2-5H2,1H3,(H,17,20). The Bertz CT molecular complexity index is 767. The smallest absolute Gasteiger partial charge is 0.269 e. The van der Waals surface area contributed by atoms with Gasteiger partial charge in [0, 0.05) is 17.7 Å². The van der Waals surface area contributed by atoms with Gasteiger partial charge in [0.2, 0.25) is 0 Å². The molecule has 1 amide bonds. The van der Waals surface area contributed by atoms with E-state index in [4.69, 9.17) is 4.74 Å². The number of benzene rings is 1. The van der Waals surface area contributed by atoms with Gasteiger partial charge in [-0.2, -0.15) is 5.10 Å². The summed E-state index contributed by atoms with van der Waals surface area (Å²) in [5, 5.41) is 7.57. The van der Waals surface area contributed by atoms with Gasteiger partial charge in [-0.1, -0.05) is 0 Å². The maximum absolute atomic E-state index is 12.1. The molecular formula is C15H14BrN3O2. The summed E-state index contributed by atoms with van der Waals surface area (Å²) in [6, 6.07) is 4.10. The van der Waals surface area contributed by atoms with Gasteiger partial charge in [-0.3, -0.25) is 9.48 Å². The van der Waals surface area contributed by atoms with Crippen LogP contribution in [0.25, 0.3) is 11.3 Å². The molecule has 1 N–H and O–H groups in total. The fourth-order valence-electron chi connectivity index (χ4n) is 3.17. The molecule has 1 aliphatic heterocycles. The molecule has 0 fully saturated rings. The van der Waals surface area contributed by atoms with Gasteiger partial charge in [0.05, 0.1) is 23.8 Å². The Morgan fingerprint density at radius 1 is 1.38 bits per heavy atom. The molecular weight excluding hydrogens is 334 g/mol. The van der Waals surface area contributed by atoms with Crippen molar-refractivity contribution in [1.82, 2.24) is 15.1 Å². The first kappa shape index (κ1) is 12.9. The normalized spacial score (nSPS) is 15.8. The fraction of sp³-hybridized carbons (Fsp3) is 0.333. The summed E-state index contributed by atoms with van der Waals surface area (Å²) in [5.41, 5.74) is 5.05. The van der Waals surface area contributed by atoms with E-state index in [-0.39, 0.29) is 5.91 Å². The van der Waals surface area contributed by atoms with E-state index in [0.29, 0.717) is 6.54 Å². The van der Waals surface area contributed by atoms with Crippen molar-refractivity contribution in [3.05, 3.63) is 33.4 Å². The van der Waals surface area contributed by atoms with Crippen LogP contribution >= 0.6 is 15.9 Å². The predicted molar refractivity (Wildman–Crippen MR) is 81.7 cm³/mol. The predicted octanol–water partition coefficient (Wildman–Crippen LogP) is 2.16. The molecule has 2 heterocycles. The second kappa shape index (κ2) is 4.59. The van der Waals surface area contributed by atoms with Gasteiger partial charge in [-0.25, -0.2) is 0 Å². The van der Waals surface area contributed by atoms with Crippen molar-refractivity contribution in [1.29, 1.82) is 0 Å². The number of carbonyl (C=O) groups excluding carboxylic acids is 1. The van der Waals surface area contributed by atoms with E-state index in [1.165, 1.54) is 5.56 Å². The average molecular weight is 348 g/mol. The number of ether oxygens (including phenoxy) is 1. The van der Waals surface area contributed by atoms with Gasteiger partial charge in [0.25, 0.3) is 5.91 Å². The number of aromatic nitrogens is 2. The van der Waals surface area contributed by atoms with Crippen molar-refractivity contribution >= 4 is 21.8 Å². The Balaban J connectivity index is 1.93. The lowest BCUT2D eigenvalue weighted by Gasteiger charge is -2.18. The van der Waals surface area contributed by atoms with Crippen molar-refractivity contribution in [3.8, 4) is 17.0 Å². The molecule has 0 radical (unpaired) electrons. The zero-order valence-electron chi connectivity index (χ0n) is 11.6. The molecule has 5 nitrogen and oxygen atoms in total. The molecule has 4 rings (SSSR count). The van der Waals surface area contributed by atoms with Crippen LogP contribution in [-0.4, -0.2) is 29.3 Å². The molecule has 108 valence electrons. The summed E-state index contributed by atoms with van der Waals surface area (Å²) < 4.78 is 8.11. The average Bonchev–Trinajstić information content (AvgIpc) is 2.87. The van der Waals surface area contributed by atoms with Crippen molar-refractivity contribution in [2.75, 3.05) is 13.7 Å². The molecule has 0 atom stereocenters. The number of methoxy groups -OCH3 is 1. The summed E-state index contributed by atoms with van der Waals surface area (Å²) in [6.07, 6.45) is 1.74. The summed E-state index contributed by atoms with van der Waals surface area (Å²) in [7, 11) is 1.67. The third kappa shape index (κ3) is 1.82. The van der Waals surface area contributed by atoms with Crippen molar-refractivity contribution < 1.29 is 9.53 Å². The number of hydrogen-bond donors (Lipinski definition) is 1. The third-order valence-corrected chi connectivity index (χ3v) is 4.77. The topological polar surface area (TPSA) is 56.2 Å². The molecule has 21 heavy (non-hydrogen) atoms. The van der Waals surface area contributed by atoms with Gasteiger partial charge >= 0.3 is 0 Å². The second-order valence-corrected chi connectivity index (χ2v) is 6.15. The fourth-order valence-corrected chi connectivity index (χ4v) is 3.67.